The van der Waals surface area contributed by atoms with Crippen LogP contribution in [0.4, 0.5) is 10.8 Å². The molecule has 2 aromatic carbocycles. The van der Waals surface area contributed by atoms with Gasteiger partial charge in [0.15, 0.2) is 5.13 Å². The van der Waals surface area contributed by atoms with Gasteiger partial charge in [0.25, 0.3) is 11.8 Å². The average molecular weight is 459 g/mol. The average Bonchev–Trinajstić information content (AvgIpc) is 3.53. The molecular formula is C24H18N4O2S2. The van der Waals surface area contributed by atoms with Crippen LogP contribution in [0.3, 0.4) is 0 Å². The molecule has 0 fully saturated rings. The number of amides is 2. The number of thiazole rings is 1. The number of nitrogens with one attached hydrogen (secondary N) is 3. The number of benzene rings is 2. The fourth-order valence-corrected chi connectivity index (χ4v) is 4.84. The summed E-state index contributed by atoms with van der Waals surface area (Å²) in [5.41, 5.74) is 5.08. The number of anilines is 2. The number of H-pyrrole nitrogens is 1. The highest BCUT2D eigenvalue weighted by molar-refractivity contribution is 7.14. The Morgan fingerprint density at radius 1 is 0.906 bits per heavy atom. The van der Waals surface area contributed by atoms with Crippen molar-refractivity contribution in [1.29, 1.82) is 0 Å². The molecule has 8 heteroatoms. The maximum Gasteiger partial charge on any atom is 0.265 e. The zero-order valence-corrected chi connectivity index (χ0v) is 18.6. The molecule has 0 aliphatic heterocycles. The Hall–Kier alpha value is -3.75. The van der Waals surface area contributed by atoms with Gasteiger partial charge in [-0.1, -0.05) is 24.3 Å². The van der Waals surface area contributed by atoms with Gasteiger partial charge in [-0.25, -0.2) is 4.98 Å². The van der Waals surface area contributed by atoms with Crippen LogP contribution in [0.1, 0.15) is 25.7 Å². The maximum absolute atomic E-state index is 12.7. The Kier molecular flexibility index (Phi) is 5.30. The summed E-state index contributed by atoms with van der Waals surface area (Å²) in [6, 6.07) is 18.5. The van der Waals surface area contributed by atoms with Crippen molar-refractivity contribution in [1.82, 2.24) is 9.97 Å². The van der Waals surface area contributed by atoms with E-state index in [-0.39, 0.29) is 11.8 Å². The first kappa shape index (κ1) is 20.2. The van der Waals surface area contributed by atoms with Crippen molar-refractivity contribution >= 4 is 56.2 Å². The molecule has 158 valence electrons. The second kappa shape index (κ2) is 8.41. The van der Waals surface area contributed by atoms with Crippen molar-refractivity contribution in [2.45, 2.75) is 6.92 Å². The van der Waals surface area contributed by atoms with Crippen molar-refractivity contribution in [3.8, 4) is 11.3 Å². The summed E-state index contributed by atoms with van der Waals surface area (Å²) in [5, 5.41) is 11.1. The van der Waals surface area contributed by atoms with Crippen molar-refractivity contribution in [3.05, 3.63) is 87.6 Å². The van der Waals surface area contributed by atoms with Crippen LogP contribution in [0.2, 0.25) is 0 Å². The largest absolute Gasteiger partial charge is 0.358 e. The van der Waals surface area contributed by atoms with E-state index in [1.807, 2.05) is 41.9 Å². The van der Waals surface area contributed by atoms with Crippen LogP contribution in [-0.4, -0.2) is 21.8 Å². The summed E-state index contributed by atoms with van der Waals surface area (Å²) in [4.78, 5) is 33.5. The lowest BCUT2D eigenvalue weighted by Gasteiger charge is -2.05. The molecule has 0 bridgehead atoms. The summed E-state index contributed by atoms with van der Waals surface area (Å²) >= 11 is 2.76. The van der Waals surface area contributed by atoms with Crippen molar-refractivity contribution in [3.63, 3.8) is 0 Å². The van der Waals surface area contributed by atoms with E-state index in [2.05, 4.69) is 26.7 Å². The number of thiophene rings is 1. The molecule has 5 aromatic rings. The van der Waals surface area contributed by atoms with E-state index in [1.165, 1.54) is 22.7 Å². The zero-order valence-electron chi connectivity index (χ0n) is 17.0. The molecule has 0 unspecified atom stereocenters. The fourth-order valence-electron chi connectivity index (χ4n) is 3.53. The number of aromatic nitrogens is 2. The van der Waals surface area contributed by atoms with E-state index in [4.69, 9.17) is 0 Å². The van der Waals surface area contributed by atoms with Gasteiger partial charge < -0.3 is 10.3 Å². The van der Waals surface area contributed by atoms with Gasteiger partial charge in [0, 0.05) is 38.8 Å². The van der Waals surface area contributed by atoms with Crippen LogP contribution >= 0.6 is 22.7 Å². The molecule has 3 aromatic heterocycles. The predicted molar refractivity (Wildman–Crippen MR) is 131 cm³/mol. The highest BCUT2D eigenvalue weighted by Crippen LogP contribution is 2.34. The summed E-state index contributed by atoms with van der Waals surface area (Å²) < 4.78 is 0. The molecule has 6 nitrogen and oxygen atoms in total. The van der Waals surface area contributed by atoms with E-state index in [0.29, 0.717) is 21.3 Å². The number of aryl methyl sites for hydroxylation is 1. The SMILES string of the molecule is Cc1[nH]c2ccccc2c1-c1csc(NC(=O)c2ccc(NC(=O)c3cccs3)cc2)n1. The third-order valence-corrected chi connectivity index (χ3v) is 6.65. The summed E-state index contributed by atoms with van der Waals surface area (Å²) in [5.74, 6) is -0.419. The Balaban J connectivity index is 1.29. The van der Waals surface area contributed by atoms with E-state index in [9.17, 15) is 9.59 Å². The summed E-state index contributed by atoms with van der Waals surface area (Å²) in [6.07, 6.45) is 0. The third-order valence-electron chi connectivity index (χ3n) is 5.02. The highest BCUT2D eigenvalue weighted by atomic mass is 32.1. The van der Waals surface area contributed by atoms with Gasteiger partial charge in [-0.05, 0) is 48.7 Å². The molecule has 0 spiro atoms. The Bertz CT molecular complexity index is 1420. The van der Waals surface area contributed by atoms with Crippen molar-refractivity contribution in [2.75, 3.05) is 10.6 Å². The monoisotopic (exact) mass is 458 g/mol. The van der Waals surface area contributed by atoms with Crippen LogP contribution in [-0.2, 0) is 0 Å². The lowest BCUT2D eigenvalue weighted by Crippen LogP contribution is -2.13. The van der Waals surface area contributed by atoms with Crippen LogP contribution in [0, 0.1) is 6.92 Å². The number of para-hydroxylation sites is 1. The molecule has 3 heterocycles. The molecule has 0 radical (unpaired) electrons. The second-order valence-electron chi connectivity index (χ2n) is 7.17. The highest BCUT2D eigenvalue weighted by Gasteiger charge is 2.15. The predicted octanol–water partition coefficient (Wildman–Crippen LogP) is 6.17. The van der Waals surface area contributed by atoms with Gasteiger partial charge in [0.1, 0.15) is 0 Å². The van der Waals surface area contributed by atoms with Crippen molar-refractivity contribution < 1.29 is 9.59 Å². The quantitative estimate of drug-likeness (QED) is 0.294. The van der Waals surface area contributed by atoms with Crippen LogP contribution in [0.5, 0.6) is 0 Å². The zero-order chi connectivity index (χ0) is 22.1. The molecule has 0 saturated heterocycles. The third kappa shape index (κ3) is 3.93. The second-order valence-corrected chi connectivity index (χ2v) is 8.98. The number of rotatable bonds is 5. The van der Waals surface area contributed by atoms with E-state index in [1.54, 1.807) is 30.3 Å². The molecule has 0 atom stereocenters. The topological polar surface area (TPSA) is 86.9 Å². The lowest BCUT2D eigenvalue weighted by atomic mass is 10.1. The number of aromatic amines is 1. The normalized spacial score (nSPS) is 10.9. The number of carbonyl (C=O) groups is 2. The van der Waals surface area contributed by atoms with Gasteiger partial charge >= 0.3 is 0 Å². The van der Waals surface area contributed by atoms with Crippen LogP contribution < -0.4 is 10.6 Å². The van der Waals surface area contributed by atoms with Gasteiger partial charge in [-0.2, -0.15) is 0 Å². The molecule has 0 aliphatic rings. The molecular weight excluding hydrogens is 440 g/mol. The molecule has 2 amide bonds. The number of carbonyl (C=O) groups excluding carboxylic acids is 2. The van der Waals surface area contributed by atoms with Gasteiger partial charge in [0.05, 0.1) is 10.6 Å². The van der Waals surface area contributed by atoms with Gasteiger partial charge in [-0.3, -0.25) is 14.9 Å². The van der Waals surface area contributed by atoms with E-state index >= 15 is 0 Å². The van der Waals surface area contributed by atoms with Gasteiger partial charge in [0.2, 0.25) is 0 Å². The van der Waals surface area contributed by atoms with E-state index < -0.39 is 0 Å². The minimum absolute atomic E-state index is 0.167. The first-order valence-electron chi connectivity index (χ1n) is 9.88. The van der Waals surface area contributed by atoms with Crippen molar-refractivity contribution in [2.24, 2.45) is 0 Å². The lowest BCUT2D eigenvalue weighted by molar-refractivity contribution is 0.102. The molecule has 5 rings (SSSR count). The Labute approximate surface area is 192 Å². The number of hydrogen-bond acceptors (Lipinski definition) is 5. The summed E-state index contributed by atoms with van der Waals surface area (Å²) in [6.45, 7) is 2.02. The maximum atomic E-state index is 12.7. The van der Waals surface area contributed by atoms with Gasteiger partial charge in [-0.15, -0.1) is 22.7 Å². The Morgan fingerprint density at radius 3 is 2.50 bits per heavy atom. The Morgan fingerprint density at radius 2 is 1.72 bits per heavy atom. The minimum Gasteiger partial charge on any atom is -0.358 e. The van der Waals surface area contributed by atoms with Crippen LogP contribution in [0.25, 0.3) is 22.2 Å². The molecule has 0 saturated carbocycles. The summed E-state index contributed by atoms with van der Waals surface area (Å²) in [7, 11) is 0. The number of hydrogen-bond donors (Lipinski definition) is 3. The number of fused-ring (bicyclic) bond motifs is 1. The van der Waals surface area contributed by atoms with Crippen LogP contribution in [0.15, 0.2) is 71.4 Å². The fraction of sp³-hybridized carbons (Fsp3) is 0.0417. The first-order chi connectivity index (χ1) is 15.6. The number of nitrogens with zero attached hydrogens (tertiary/aromatic N) is 1. The standard InChI is InChI=1S/C24H18N4O2S2/c1-14-21(17-5-2-3-6-18(17)25-14)19-13-32-24(27-19)28-22(29)15-8-10-16(11-9-15)26-23(30)20-7-4-12-31-20/h2-13,25H,1H3,(H,26,30)(H,27,28,29). The van der Waals surface area contributed by atoms with E-state index in [0.717, 1.165) is 27.9 Å². The molecule has 0 aliphatic carbocycles. The molecule has 3 N–H and O–H groups in total. The smallest absolute Gasteiger partial charge is 0.265 e. The molecule has 32 heavy (non-hydrogen) atoms. The first-order valence-corrected chi connectivity index (χ1v) is 11.6. The minimum atomic E-state index is -0.252.